The second-order valence-corrected chi connectivity index (χ2v) is 9.27. The molecule has 1 heterocycles. The largest absolute Gasteiger partial charge is 0.497 e. The van der Waals surface area contributed by atoms with Crippen molar-refractivity contribution in [3.63, 3.8) is 0 Å². The summed E-state index contributed by atoms with van der Waals surface area (Å²) in [4.78, 5) is 4.54. The Morgan fingerprint density at radius 2 is 1.80 bits per heavy atom. The molecule has 0 radical (unpaired) electrons. The fraction of sp³-hybridized carbons (Fsp3) is 0.300. The lowest BCUT2D eigenvalue weighted by Gasteiger charge is -2.22. The molecule has 0 spiro atoms. The van der Waals surface area contributed by atoms with Crippen LogP contribution in [0.4, 0.5) is 9.52 Å². The lowest BCUT2D eigenvalue weighted by atomic mass is 10.1. The van der Waals surface area contributed by atoms with E-state index in [1.807, 2.05) is 6.92 Å². The van der Waals surface area contributed by atoms with Gasteiger partial charge in [0.15, 0.2) is 0 Å². The molecule has 0 amide bonds. The molecule has 3 rings (SSSR count). The second kappa shape index (κ2) is 9.50. The van der Waals surface area contributed by atoms with Crippen LogP contribution in [0.1, 0.15) is 25.2 Å². The van der Waals surface area contributed by atoms with Crippen molar-refractivity contribution in [1.82, 2.24) is 14.1 Å². The number of nitrogens with zero attached hydrogens (tertiary/aromatic N) is 2. The van der Waals surface area contributed by atoms with Crippen molar-refractivity contribution in [3.05, 3.63) is 65.7 Å². The van der Waals surface area contributed by atoms with Crippen molar-refractivity contribution in [2.75, 3.05) is 12.4 Å². The Labute approximate surface area is 179 Å². The molecular formula is C20H23FN4O3S2. The molecule has 0 aliphatic carbocycles. The van der Waals surface area contributed by atoms with Gasteiger partial charge in [-0.25, -0.2) is 22.5 Å². The molecule has 1 aromatic heterocycles. The molecule has 2 N–H and O–H groups in total. The number of hydrogen-bond acceptors (Lipinski definition) is 7. The summed E-state index contributed by atoms with van der Waals surface area (Å²) in [6.45, 7) is 3.61. The van der Waals surface area contributed by atoms with Crippen LogP contribution < -0.4 is 14.8 Å². The topological polar surface area (TPSA) is 93.2 Å². The average molecular weight is 451 g/mol. The number of rotatable bonds is 9. The van der Waals surface area contributed by atoms with Crippen LogP contribution in [0.15, 0.2) is 53.4 Å². The van der Waals surface area contributed by atoms with Gasteiger partial charge in [0.2, 0.25) is 15.2 Å². The Kier molecular flexibility index (Phi) is 7.01. The van der Waals surface area contributed by atoms with E-state index in [1.54, 1.807) is 37.3 Å². The summed E-state index contributed by atoms with van der Waals surface area (Å²) in [5.74, 6) is 0.794. The van der Waals surface area contributed by atoms with Crippen molar-refractivity contribution in [2.24, 2.45) is 0 Å². The molecule has 10 heteroatoms. The molecule has 2 atom stereocenters. The first kappa shape index (κ1) is 22.1. The Bertz CT molecular complexity index is 1090. The minimum atomic E-state index is -3.68. The van der Waals surface area contributed by atoms with E-state index in [-0.39, 0.29) is 16.8 Å². The van der Waals surface area contributed by atoms with Gasteiger partial charge in [-0.2, -0.15) is 4.37 Å². The van der Waals surface area contributed by atoms with Crippen LogP contribution in [-0.4, -0.2) is 37.0 Å². The van der Waals surface area contributed by atoms with Crippen LogP contribution >= 0.6 is 11.5 Å². The molecule has 0 fully saturated rings. The zero-order valence-corrected chi connectivity index (χ0v) is 18.4. The maximum absolute atomic E-state index is 13.8. The Morgan fingerprint density at radius 1 is 1.10 bits per heavy atom. The van der Waals surface area contributed by atoms with Gasteiger partial charge in [-0.15, -0.1) is 0 Å². The van der Waals surface area contributed by atoms with Crippen molar-refractivity contribution in [2.45, 2.75) is 37.2 Å². The Morgan fingerprint density at radius 3 is 2.47 bits per heavy atom. The smallest absolute Gasteiger partial charge is 0.240 e. The highest BCUT2D eigenvalue weighted by atomic mass is 32.2. The predicted octanol–water partition coefficient (Wildman–Crippen LogP) is 3.44. The second-order valence-electron chi connectivity index (χ2n) is 6.80. The van der Waals surface area contributed by atoms with Crippen LogP contribution in [-0.2, 0) is 16.4 Å². The number of nitrogens with one attached hydrogen (secondary N) is 2. The molecule has 2 aromatic carbocycles. The molecule has 0 saturated heterocycles. The van der Waals surface area contributed by atoms with Crippen LogP contribution in [0.25, 0.3) is 0 Å². The van der Waals surface area contributed by atoms with Crippen molar-refractivity contribution in [3.8, 4) is 5.75 Å². The molecule has 0 aliphatic rings. The van der Waals surface area contributed by atoms with Crippen molar-refractivity contribution >= 4 is 26.7 Å². The lowest BCUT2D eigenvalue weighted by molar-refractivity contribution is 0.414. The minimum absolute atomic E-state index is 0.158. The van der Waals surface area contributed by atoms with E-state index >= 15 is 0 Å². The van der Waals surface area contributed by atoms with E-state index in [4.69, 9.17) is 4.74 Å². The van der Waals surface area contributed by atoms with Gasteiger partial charge in [0.1, 0.15) is 17.4 Å². The number of halogens is 1. The highest BCUT2D eigenvalue weighted by molar-refractivity contribution is 7.89. The molecule has 30 heavy (non-hydrogen) atoms. The maximum Gasteiger partial charge on any atom is 0.240 e. The van der Waals surface area contributed by atoms with E-state index in [0.29, 0.717) is 28.7 Å². The maximum atomic E-state index is 13.8. The highest BCUT2D eigenvalue weighted by Crippen LogP contribution is 2.19. The van der Waals surface area contributed by atoms with Gasteiger partial charge < -0.3 is 10.1 Å². The Hall–Kier alpha value is -2.56. The SMILES string of the molecule is COc1ccc(S(=O)(=O)NC(C)C(C)Nc2nc(Cc3ccccc3F)ns2)cc1. The van der Waals surface area contributed by atoms with Gasteiger partial charge in [0, 0.05) is 30.0 Å². The van der Waals surface area contributed by atoms with E-state index in [2.05, 4.69) is 19.4 Å². The molecular weight excluding hydrogens is 427 g/mol. The number of benzene rings is 2. The zero-order chi connectivity index (χ0) is 21.7. The van der Waals surface area contributed by atoms with Gasteiger partial charge in [-0.05, 0) is 49.7 Å². The summed E-state index contributed by atoms with van der Waals surface area (Å²) in [7, 11) is -2.16. The molecule has 160 valence electrons. The number of anilines is 1. The summed E-state index contributed by atoms with van der Waals surface area (Å²) >= 11 is 1.15. The van der Waals surface area contributed by atoms with Crippen molar-refractivity contribution in [1.29, 1.82) is 0 Å². The highest BCUT2D eigenvalue weighted by Gasteiger charge is 2.22. The fourth-order valence-electron chi connectivity index (χ4n) is 2.69. The summed E-state index contributed by atoms with van der Waals surface area (Å²) < 4.78 is 51.0. The van der Waals surface area contributed by atoms with Crippen molar-refractivity contribution < 1.29 is 17.5 Å². The molecule has 2 unspecified atom stereocenters. The predicted molar refractivity (Wildman–Crippen MR) is 115 cm³/mol. The van der Waals surface area contributed by atoms with Gasteiger partial charge in [-0.3, -0.25) is 0 Å². The monoisotopic (exact) mass is 450 g/mol. The number of hydrogen-bond donors (Lipinski definition) is 2. The first-order valence-electron chi connectivity index (χ1n) is 9.27. The average Bonchev–Trinajstić information content (AvgIpc) is 3.16. The van der Waals surface area contributed by atoms with Gasteiger partial charge in [-0.1, -0.05) is 18.2 Å². The summed E-state index contributed by atoms with van der Waals surface area (Å²) in [5.41, 5.74) is 0.524. The van der Waals surface area contributed by atoms with Crippen LogP contribution in [0.3, 0.4) is 0 Å². The van der Waals surface area contributed by atoms with Gasteiger partial charge in [0.25, 0.3) is 0 Å². The first-order chi connectivity index (χ1) is 14.3. The molecule has 7 nitrogen and oxygen atoms in total. The number of methoxy groups -OCH3 is 1. The quantitative estimate of drug-likeness (QED) is 0.519. The van der Waals surface area contributed by atoms with Crippen LogP contribution in [0, 0.1) is 5.82 Å². The Balaban J connectivity index is 1.60. The number of ether oxygens (including phenoxy) is 1. The first-order valence-corrected chi connectivity index (χ1v) is 11.5. The molecule has 3 aromatic rings. The lowest BCUT2D eigenvalue weighted by Crippen LogP contribution is -2.43. The van der Waals surface area contributed by atoms with Gasteiger partial charge >= 0.3 is 0 Å². The summed E-state index contributed by atoms with van der Waals surface area (Å²) in [5, 5.41) is 3.70. The minimum Gasteiger partial charge on any atom is -0.497 e. The number of sulfonamides is 1. The van der Waals surface area contributed by atoms with Crippen LogP contribution in [0.5, 0.6) is 5.75 Å². The molecule has 0 saturated carbocycles. The van der Waals surface area contributed by atoms with E-state index in [9.17, 15) is 12.8 Å². The molecule has 0 aliphatic heterocycles. The van der Waals surface area contributed by atoms with E-state index in [1.165, 1.54) is 25.3 Å². The number of aromatic nitrogens is 2. The van der Waals surface area contributed by atoms with E-state index in [0.717, 1.165) is 11.5 Å². The third-order valence-electron chi connectivity index (χ3n) is 4.59. The van der Waals surface area contributed by atoms with Gasteiger partial charge in [0.05, 0.1) is 12.0 Å². The fourth-order valence-corrected chi connectivity index (χ4v) is 4.69. The van der Waals surface area contributed by atoms with Crippen LogP contribution in [0.2, 0.25) is 0 Å². The zero-order valence-electron chi connectivity index (χ0n) is 16.8. The third-order valence-corrected chi connectivity index (χ3v) is 6.85. The standard InChI is InChI=1S/C20H23FN4O3S2/c1-13(14(2)25-30(26,27)17-10-8-16(28-3)9-11-17)22-20-23-19(24-29-20)12-15-6-4-5-7-18(15)21/h4-11,13-14,25H,12H2,1-3H3,(H,22,23,24). The van der Waals surface area contributed by atoms with E-state index < -0.39 is 16.1 Å². The normalized spacial score (nSPS) is 13.6. The summed E-state index contributed by atoms with van der Waals surface area (Å²) in [6, 6.07) is 12.0. The molecule has 0 bridgehead atoms. The third kappa shape index (κ3) is 5.53. The summed E-state index contributed by atoms with van der Waals surface area (Å²) in [6.07, 6.45) is 0.291.